The first-order valence-corrected chi connectivity index (χ1v) is 7.78. The second-order valence-corrected chi connectivity index (χ2v) is 6.22. The van der Waals surface area contributed by atoms with Gasteiger partial charge in [-0.1, -0.05) is 13.8 Å². The first-order chi connectivity index (χ1) is 9.10. The number of hydrogen-bond donors (Lipinski definition) is 1. The summed E-state index contributed by atoms with van der Waals surface area (Å²) in [6.07, 6.45) is 0. The first kappa shape index (κ1) is 14.4. The predicted octanol–water partition coefficient (Wildman–Crippen LogP) is 3.44. The van der Waals surface area contributed by atoms with Gasteiger partial charge in [0.2, 0.25) is 5.13 Å². The third-order valence-electron chi connectivity index (χ3n) is 2.56. The Bertz CT molecular complexity index is 523. The van der Waals surface area contributed by atoms with Gasteiger partial charge in [-0.3, -0.25) is 0 Å². The first-order valence-electron chi connectivity index (χ1n) is 6.13. The maximum absolute atomic E-state index is 5.00. The summed E-state index contributed by atoms with van der Waals surface area (Å²) in [5.74, 6) is 1.18. The van der Waals surface area contributed by atoms with Crippen molar-refractivity contribution in [3.05, 3.63) is 21.9 Å². The summed E-state index contributed by atoms with van der Waals surface area (Å²) < 4.78 is 9.22. The summed E-state index contributed by atoms with van der Waals surface area (Å²) >= 11 is 3.06. The molecule has 2 rings (SSSR count). The van der Waals surface area contributed by atoms with Crippen molar-refractivity contribution in [1.82, 2.24) is 14.3 Å². The van der Waals surface area contributed by atoms with E-state index in [0.29, 0.717) is 18.3 Å². The monoisotopic (exact) mass is 298 g/mol. The molecule has 0 saturated carbocycles. The highest BCUT2D eigenvalue weighted by atomic mass is 32.1. The van der Waals surface area contributed by atoms with Gasteiger partial charge in [0.25, 0.3) is 0 Å². The summed E-state index contributed by atoms with van der Waals surface area (Å²) in [6, 6.07) is 0.132. The maximum Gasteiger partial charge on any atom is 0.203 e. The molecule has 5 nitrogen and oxygen atoms in total. The maximum atomic E-state index is 5.00. The van der Waals surface area contributed by atoms with Crippen LogP contribution in [0.1, 0.15) is 49.3 Å². The highest BCUT2D eigenvalue weighted by Gasteiger charge is 2.13. The molecule has 0 amide bonds. The molecule has 2 heterocycles. The van der Waals surface area contributed by atoms with Crippen molar-refractivity contribution >= 4 is 28.0 Å². The molecule has 1 atom stereocenters. The molecule has 0 saturated heterocycles. The molecule has 0 aliphatic rings. The van der Waals surface area contributed by atoms with Crippen molar-refractivity contribution in [3.63, 3.8) is 0 Å². The summed E-state index contributed by atoms with van der Waals surface area (Å²) in [5, 5.41) is 7.40. The molecular weight excluding hydrogens is 280 g/mol. The van der Waals surface area contributed by atoms with Crippen molar-refractivity contribution in [2.24, 2.45) is 0 Å². The molecule has 0 aromatic carbocycles. The van der Waals surface area contributed by atoms with Gasteiger partial charge in [0.05, 0.1) is 16.7 Å². The quantitative estimate of drug-likeness (QED) is 0.885. The zero-order valence-electron chi connectivity index (χ0n) is 11.5. The molecule has 0 aliphatic heterocycles. The number of anilines is 1. The number of nitrogens with one attached hydrogen (secondary N) is 1. The molecule has 0 fully saturated rings. The van der Waals surface area contributed by atoms with Gasteiger partial charge < -0.3 is 10.1 Å². The minimum atomic E-state index is 0.132. The summed E-state index contributed by atoms with van der Waals surface area (Å²) in [5.41, 5.74) is 1.05. The highest BCUT2D eigenvalue weighted by Crippen LogP contribution is 2.25. The van der Waals surface area contributed by atoms with E-state index in [1.54, 1.807) is 18.4 Å². The molecule has 2 aromatic rings. The van der Waals surface area contributed by atoms with Crippen LogP contribution < -0.4 is 5.32 Å². The lowest BCUT2D eigenvalue weighted by molar-refractivity contribution is 0.179. The van der Waals surface area contributed by atoms with Gasteiger partial charge in [0.15, 0.2) is 5.82 Å². The van der Waals surface area contributed by atoms with Crippen LogP contribution >= 0.6 is 22.9 Å². The molecular formula is C12H18N4OS2. The third kappa shape index (κ3) is 3.71. The molecule has 0 radical (unpaired) electrons. The second-order valence-electron chi connectivity index (χ2n) is 4.58. The Morgan fingerprint density at radius 2 is 2.11 bits per heavy atom. The van der Waals surface area contributed by atoms with Crippen molar-refractivity contribution < 1.29 is 4.74 Å². The number of nitrogens with zero attached hydrogens (tertiary/aromatic N) is 3. The van der Waals surface area contributed by atoms with E-state index in [9.17, 15) is 0 Å². The molecule has 0 spiro atoms. The smallest absolute Gasteiger partial charge is 0.203 e. The number of hydrogen-bond acceptors (Lipinski definition) is 7. The molecule has 0 bridgehead atoms. The van der Waals surface area contributed by atoms with Crippen molar-refractivity contribution in [1.29, 1.82) is 0 Å². The lowest BCUT2D eigenvalue weighted by atomic mass is 10.2. The van der Waals surface area contributed by atoms with Crippen LogP contribution in [0.25, 0.3) is 0 Å². The highest BCUT2D eigenvalue weighted by molar-refractivity contribution is 7.10. The Labute approximate surface area is 121 Å². The molecule has 19 heavy (non-hydrogen) atoms. The average molecular weight is 298 g/mol. The van der Waals surface area contributed by atoms with E-state index in [2.05, 4.69) is 45.8 Å². The fraction of sp³-hybridized carbons (Fsp3) is 0.583. The van der Waals surface area contributed by atoms with Crippen LogP contribution in [0.2, 0.25) is 0 Å². The topological polar surface area (TPSA) is 59.9 Å². The Morgan fingerprint density at radius 3 is 2.74 bits per heavy atom. The van der Waals surface area contributed by atoms with Crippen molar-refractivity contribution in [2.75, 3.05) is 12.4 Å². The van der Waals surface area contributed by atoms with Gasteiger partial charge in [-0.2, -0.15) is 4.37 Å². The van der Waals surface area contributed by atoms with Gasteiger partial charge in [0, 0.05) is 29.9 Å². The third-order valence-corrected chi connectivity index (χ3v) is 4.41. The van der Waals surface area contributed by atoms with E-state index in [4.69, 9.17) is 4.74 Å². The average Bonchev–Trinajstić information content (AvgIpc) is 2.98. The lowest BCUT2D eigenvalue weighted by Gasteiger charge is -2.09. The van der Waals surface area contributed by atoms with Crippen LogP contribution in [-0.4, -0.2) is 21.5 Å². The molecule has 1 N–H and O–H groups in total. The van der Waals surface area contributed by atoms with E-state index < -0.39 is 0 Å². The summed E-state index contributed by atoms with van der Waals surface area (Å²) in [7, 11) is 1.64. The number of rotatable bonds is 6. The summed E-state index contributed by atoms with van der Waals surface area (Å²) in [6.45, 7) is 6.84. The SMILES string of the molecule is COCc1nsc(NC(C)c2csc(C(C)C)n2)n1. The molecule has 104 valence electrons. The van der Waals surface area contributed by atoms with Crippen LogP contribution in [0.5, 0.6) is 0 Å². The van der Waals surface area contributed by atoms with Crippen LogP contribution in [-0.2, 0) is 11.3 Å². The number of thiazole rings is 1. The van der Waals surface area contributed by atoms with Crippen LogP contribution in [0, 0.1) is 0 Å². The van der Waals surface area contributed by atoms with Gasteiger partial charge in [-0.15, -0.1) is 11.3 Å². The van der Waals surface area contributed by atoms with E-state index in [0.717, 1.165) is 10.8 Å². The van der Waals surface area contributed by atoms with Crippen LogP contribution in [0.15, 0.2) is 5.38 Å². The lowest BCUT2D eigenvalue weighted by Crippen LogP contribution is -2.07. The normalized spacial score (nSPS) is 12.9. The number of methoxy groups -OCH3 is 1. The zero-order valence-corrected chi connectivity index (χ0v) is 13.1. The Balaban J connectivity index is 2.00. The van der Waals surface area contributed by atoms with Crippen molar-refractivity contribution in [3.8, 4) is 0 Å². The Hall–Kier alpha value is -1.05. The fourth-order valence-corrected chi connectivity index (χ4v) is 3.11. The van der Waals surface area contributed by atoms with E-state index in [1.807, 2.05) is 0 Å². The second kappa shape index (κ2) is 6.40. The molecule has 2 aromatic heterocycles. The minimum absolute atomic E-state index is 0.132. The predicted molar refractivity (Wildman–Crippen MR) is 78.9 cm³/mol. The van der Waals surface area contributed by atoms with Crippen molar-refractivity contribution in [2.45, 2.75) is 39.3 Å². The minimum Gasteiger partial charge on any atom is -0.377 e. The van der Waals surface area contributed by atoms with Crippen LogP contribution in [0.3, 0.4) is 0 Å². The number of ether oxygens (including phenoxy) is 1. The van der Waals surface area contributed by atoms with Gasteiger partial charge in [-0.05, 0) is 6.92 Å². The van der Waals surface area contributed by atoms with Crippen LogP contribution in [0.4, 0.5) is 5.13 Å². The largest absolute Gasteiger partial charge is 0.377 e. The Kier molecular flexibility index (Phi) is 4.84. The van der Waals surface area contributed by atoms with E-state index >= 15 is 0 Å². The molecule has 1 unspecified atom stereocenters. The molecule has 7 heteroatoms. The van der Waals surface area contributed by atoms with Gasteiger partial charge in [-0.25, -0.2) is 9.97 Å². The van der Waals surface area contributed by atoms with Gasteiger partial charge in [0.1, 0.15) is 6.61 Å². The fourth-order valence-electron chi connectivity index (χ4n) is 1.52. The van der Waals surface area contributed by atoms with E-state index in [-0.39, 0.29) is 6.04 Å². The van der Waals surface area contributed by atoms with E-state index in [1.165, 1.54) is 16.5 Å². The van der Waals surface area contributed by atoms with Gasteiger partial charge >= 0.3 is 0 Å². The summed E-state index contributed by atoms with van der Waals surface area (Å²) in [4.78, 5) is 8.99. The number of aromatic nitrogens is 3. The zero-order chi connectivity index (χ0) is 13.8. The molecule has 0 aliphatic carbocycles. The standard InChI is InChI=1S/C12H18N4OS2/c1-7(2)11-14-9(6-18-11)8(3)13-12-15-10(5-17-4)16-19-12/h6-8H,5H2,1-4H3,(H,13,15,16). The Morgan fingerprint density at radius 1 is 1.32 bits per heavy atom.